The van der Waals surface area contributed by atoms with Crippen LogP contribution in [-0.4, -0.2) is 156 Å². The van der Waals surface area contributed by atoms with Gasteiger partial charge in [0.2, 0.25) is 17.5 Å². The van der Waals surface area contributed by atoms with E-state index in [9.17, 15) is 98.7 Å². The van der Waals surface area contributed by atoms with Crippen molar-refractivity contribution in [1.29, 1.82) is 0 Å². The van der Waals surface area contributed by atoms with Gasteiger partial charge < -0.3 is 85.1 Å². The molecule has 12 rings (SSSR count). The number of benzene rings is 5. The maximum atomic E-state index is 12.7. The average Bonchev–Trinajstić information content (AvgIpc) is 1.66. The number of carboxylic acid groups (broad SMARTS) is 1. The highest BCUT2D eigenvalue weighted by Crippen LogP contribution is 2.47. The summed E-state index contributed by atoms with van der Waals surface area (Å²) in [6.45, 7) is 28.1. The van der Waals surface area contributed by atoms with Crippen LogP contribution in [0.3, 0.4) is 0 Å². The van der Waals surface area contributed by atoms with Gasteiger partial charge in [0.1, 0.15) is 51.4 Å². The van der Waals surface area contributed by atoms with E-state index in [1.54, 1.807) is 52.0 Å². The number of aromatic nitrogens is 4. The standard InChI is InChI=1S/C22H28O2.C22H26O2.C15H22O4.C15H20O4.C14H6N2O8.C14H10N2O6.CH4/c2*1-5-15(2)9-8-10-16(3)13-14-18-17(4)21(23)19-11-6-7-12-20(19)22(18)24;2*1-4-9(2)5-6-11-10(3)14(18)12(7-16)13(8-17)15(11)19;17-3-23-7-2-8(24-4-18)16-11-9(7)10-5(12(19)13(11)20)1-6(15-10)14(21)22;1-6-2-7-11(15-6)10-8(21-4-17)3-9(22-5-18)16-12(10)14(20)13(7)19;/h6-7,9,11-13,23-24H,5,8,10,14H2,1-4H3;6-7,9,11-13H,5,8,10,14H2,1-4H3;5,16-19H,4,6-8H2,1-3H3;5,16-17H,4,6-8H2,1-3H3;1-4,15H,(H,21,22);2-5,15,19-20H,1H3;1H4/b2*15-9+,16-13+;2*9-5+;;;. The highest BCUT2D eigenvalue weighted by atomic mass is 16.5. The molecule has 0 radical (unpaired) electrons. The number of ether oxygens (including phenoxy) is 4. The van der Waals surface area contributed by atoms with Gasteiger partial charge in [0.15, 0.2) is 34.6 Å². The molecule has 4 heterocycles. The molecule has 13 N–H and O–H groups in total. The first kappa shape index (κ1) is 107. The second kappa shape index (κ2) is 50.0. The van der Waals surface area contributed by atoms with E-state index in [1.165, 1.54) is 33.9 Å². The van der Waals surface area contributed by atoms with Crippen molar-refractivity contribution in [3.8, 4) is 69.0 Å². The topological polar surface area (TPSA) is 505 Å². The first-order valence-electron chi connectivity index (χ1n) is 42.5. The minimum absolute atomic E-state index is 0. The number of aromatic hydroxyl groups is 6. The second-order valence-corrected chi connectivity index (χ2v) is 31.5. The van der Waals surface area contributed by atoms with E-state index >= 15 is 0 Å². The van der Waals surface area contributed by atoms with E-state index in [1.807, 2.05) is 77.1 Å². The highest BCUT2D eigenvalue weighted by molar-refractivity contribution is 6.52. The SMILES string of the molecule is C.CC/C(C)=C/CC/C(C)=C/CC1=C(C)C(=O)c2ccccc2C1=O.CC/C(C)=C/CC/C(C)=C/Cc1c(C)c(O)c2ccccc2c1O.CC/C(C)=C/CC1=C(C)C(=O)C(CO)=C(CO)C1=O.CC/C(C)=C/Cc1c(C)c(O)c(CO)c(CO)c1O.Cc1cc2c(O)c(O)c3nc(OC=O)cc(OC=O)c3c2[nH]1.O=COc1cc(OC=O)c2c(n1)C(=O)C(=O)c1cc(C(=O)O)[nH]c1-2. The number of aryl methyl sites for hydroxylation is 1. The van der Waals surface area contributed by atoms with Gasteiger partial charge >= 0.3 is 5.97 Å². The maximum Gasteiger partial charge on any atom is 0.352 e. The third-order valence-electron chi connectivity index (χ3n) is 23.0. The van der Waals surface area contributed by atoms with Gasteiger partial charge in [0, 0.05) is 101 Å². The fraction of sp³-hybridized carbons (Fsp3) is 0.311. The number of aliphatic hydroxyl groups is 4. The number of nitrogens with one attached hydrogen (secondary N) is 2. The summed E-state index contributed by atoms with van der Waals surface area (Å²) in [5.74, 6) is -5.27. The van der Waals surface area contributed by atoms with Crippen molar-refractivity contribution >= 4 is 99.1 Å². The van der Waals surface area contributed by atoms with Gasteiger partial charge in [-0.1, -0.05) is 154 Å². The number of phenols is 6. The number of hydrogen-bond donors (Lipinski definition) is 13. The maximum absolute atomic E-state index is 12.7. The van der Waals surface area contributed by atoms with E-state index in [2.05, 4.69) is 95.3 Å². The number of allylic oxidation sites excluding steroid dienone is 16. The average molecular weight is 1830 g/mol. The molecule has 5 aromatic carbocycles. The van der Waals surface area contributed by atoms with Gasteiger partial charge in [-0.05, 0) is 176 Å². The van der Waals surface area contributed by atoms with Crippen LogP contribution in [0.1, 0.15) is 246 Å². The number of carbonyl (C=O) groups excluding carboxylic acids is 10. The number of fused-ring (bicyclic) bond motifs is 8. The number of carbonyl (C=O) groups is 11. The highest BCUT2D eigenvalue weighted by Gasteiger charge is 2.38. The lowest BCUT2D eigenvalue weighted by Gasteiger charge is -2.19. The molecule has 0 saturated heterocycles. The van der Waals surface area contributed by atoms with Gasteiger partial charge in [-0.2, -0.15) is 0 Å². The molecule has 0 unspecified atom stereocenters. The van der Waals surface area contributed by atoms with Crippen molar-refractivity contribution in [3.05, 3.63) is 243 Å². The lowest BCUT2D eigenvalue weighted by Crippen LogP contribution is -2.26. The van der Waals surface area contributed by atoms with Crippen molar-refractivity contribution in [3.63, 3.8) is 0 Å². The van der Waals surface area contributed by atoms with Crippen LogP contribution in [-0.2, 0) is 54.8 Å². The molecular formula is C103H116N4O26. The minimum atomic E-state index is -1.35. The van der Waals surface area contributed by atoms with Gasteiger partial charge in [-0.3, -0.25) is 47.9 Å². The lowest BCUT2D eigenvalue weighted by molar-refractivity contribution is -0.122. The van der Waals surface area contributed by atoms with Crippen LogP contribution in [0.25, 0.3) is 43.8 Å². The van der Waals surface area contributed by atoms with Crippen molar-refractivity contribution in [2.45, 2.75) is 202 Å². The van der Waals surface area contributed by atoms with E-state index in [-0.39, 0.29) is 164 Å². The van der Waals surface area contributed by atoms with Crippen molar-refractivity contribution in [2.75, 3.05) is 13.2 Å². The summed E-state index contributed by atoms with van der Waals surface area (Å²) in [5, 5.41) is 109. The Morgan fingerprint density at radius 3 is 1.36 bits per heavy atom. The van der Waals surface area contributed by atoms with Crippen LogP contribution in [0.15, 0.2) is 176 Å². The monoisotopic (exact) mass is 1820 g/mol. The number of pyridine rings is 2. The van der Waals surface area contributed by atoms with Crippen LogP contribution < -0.4 is 18.9 Å². The van der Waals surface area contributed by atoms with Crippen molar-refractivity contribution in [2.24, 2.45) is 0 Å². The van der Waals surface area contributed by atoms with Crippen LogP contribution in [0.5, 0.6) is 57.8 Å². The summed E-state index contributed by atoms with van der Waals surface area (Å²) in [4.78, 5) is 140. The third kappa shape index (κ3) is 25.5. The lowest BCUT2D eigenvalue weighted by atomic mass is 9.83. The molecule has 3 aliphatic carbocycles. The Bertz CT molecular complexity index is 6290. The summed E-state index contributed by atoms with van der Waals surface area (Å²) >= 11 is 0. The molecule has 0 amide bonds. The molecule has 30 heteroatoms. The van der Waals surface area contributed by atoms with Crippen LogP contribution in [0.4, 0.5) is 0 Å². The number of aromatic carboxylic acids is 1. The molecule has 0 aliphatic heterocycles. The van der Waals surface area contributed by atoms with Gasteiger partial charge in [-0.15, -0.1) is 0 Å². The molecule has 133 heavy (non-hydrogen) atoms. The summed E-state index contributed by atoms with van der Waals surface area (Å²) in [6.07, 6.45) is 22.9. The number of aliphatic hydroxyl groups excluding tert-OH is 4. The van der Waals surface area contributed by atoms with Crippen molar-refractivity contribution < 1.29 is 128 Å². The Hall–Kier alpha value is -14.6. The molecule has 0 spiro atoms. The Morgan fingerprint density at radius 1 is 0.406 bits per heavy atom. The Kier molecular flexibility index (Phi) is 40.3. The fourth-order valence-electron chi connectivity index (χ4n) is 14.5. The zero-order valence-corrected chi connectivity index (χ0v) is 76.5. The predicted octanol–water partition coefficient (Wildman–Crippen LogP) is 18.2. The number of ketones is 6. The zero-order chi connectivity index (χ0) is 97.8. The number of H-pyrrole nitrogens is 2. The molecule has 30 nitrogen and oxygen atoms in total. The molecule has 704 valence electrons. The van der Waals surface area contributed by atoms with Gasteiger partial charge in [-0.25, -0.2) is 14.8 Å². The summed E-state index contributed by atoms with van der Waals surface area (Å²) in [7, 11) is 0. The number of aromatic amines is 2. The number of hydrogen-bond acceptors (Lipinski definition) is 27. The molecule has 0 bridgehead atoms. The molecule has 3 aliphatic rings. The molecule has 9 aromatic rings. The molecule has 4 aromatic heterocycles. The molecule has 0 saturated carbocycles. The summed E-state index contributed by atoms with van der Waals surface area (Å²) < 4.78 is 18.8. The normalized spacial score (nSPS) is 13.4. The first-order valence-corrected chi connectivity index (χ1v) is 42.5. The molecule has 0 atom stereocenters. The zero-order valence-electron chi connectivity index (χ0n) is 76.5. The quantitative estimate of drug-likeness (QED) is 0.00479. The van der Waals surface area contributed by atoms with E-state index < -0.39 is 55.4 Å². The van der Waals surface area contributed by atoms with E-state index in [4.69, 9.17) is 19.7 Å². The number of nitrogens with zero attached hydrogens (tertiary/aromatic N) is 2. The van der Waals surface area contributed by atoms with E-state index in [0.717, 1.165) is 85.9 Å². The fourth-order valence-corrected chi connectivity index (χ4v) is 14.5. The first-order chi connectivity index (χ1) is 62.9. The molecular weight excluding hydrogens is 1710 g/mol. The Balaban J connectivity index is 0.000000246. The smallest absolute Gasteiger partial charge is 0.352 e. The van der Waals surface area contributed by atoms with Crippen molar-refractivity contribution in [1.82, 2.24) is 19.9 Å². The number of phenolic OH excluding ortho intramolecular Hbond substituents is 4. The van der Waals surface area contributed by atoms with Gasteiger partial charge in [0.25, 0.3) is 31.7 Å². The Morgan fingerprint density at radius 2 is 0.842 bits per heavy atom. The second-order valence-electron chi connectivity index (χ2n) is 31.5. The molecule has 0 fully saturated rings. The Labute approximate surface area is 770 Å². The number of carboxylic acids is 1. The van der Waals surface area contributed by atoms with Crippen LogP contribution >= 0.6 is 0 Å². The third-order valence-corrected chi connectivity index (χ3v) is 23.0. The van der Waals surface area contributed by atoms with E-state index in [0.29, 0.717) is 91.9 Å². The largest absolute Gasteiger partial charge is 0.507 e. The predicted molar refractivity (Wildman–Crippen MR) is 504 cm³/mol. The number of rotatable bonds is 31. The van der Waals surface area contributed by atoms with Crippen LogP contribution in [0, 0.1) is 20.8 Å². The number of Topliss-reactive ketones (excluding diaryl/α,β-unsaturated/α-hetero) is 6. The van der Waals surface area contributed by atoms with Gasteiger partial charge in [0.05, 0.1) is 54.2 Å². The summed E-state index contributed by atoms with van der Waals surface area (Å²) in [5.41, 5.74) is 14.0. The van der Waals surface area contributed by atoms with Crippen LogP contribution in [0.2, 0.25) is 0 Å². The minimum Gasteiger partial charge on any atom is -0.507 e. The summed E-state index contributed by atoms with van der Waals surface area (Å²) in [6, 6.07) is 19.5.